The van der Waals surface area contributed by atoms with Gasteiger partial charge in [-0.3, -0.25) is 14.9 Å². The van der Waals surface area contributed by atoms with Gasteiger partial charge in [-0.05, 0) is 18.9 Å². The molecular weight excluding hydrogens is 346 g/mol. The van der Waals surface area contributed by atoms with Crippen molar-refractivity contribution in [3.05, 3.63) is 35.9 Å². The molecule has 0 aliphatic carbocycles. The number of esters is 1. The molecular formula is C16H19N3O3S2. The summed E-state index contributed by atoms with van der Waals surface area (Å²) in [6.07, 6.45) is 0.694. The number of carbonyl (C=O) groups excluding carboxylic acids is 2. The highest BCUT2D eigenvalue weighted by Crippen LogP contribution is 2.27. The second kappa shape index (κ2) is 9.39. The molecule has 1 aromatic carbocycles. The van der Waals surface area contributed by atoms with Gasteiger partial charge < -0.3 is 4.74 Å². The number of nitrogens with zero attached hydrogens (tertiary/aromatic N) is 2. The molecule has 1 aromatic heterocycles. The predicted octanol–water partition coefficient (Wildman–Crippen LogP) is 3.33. The molecule has 1 unspecified atom stereocenters. The Labute approximate surface area is 149 Å². The number of hydrogen-bond acceptors (Lipinski definition) is 7. The van der Waals surface area contributed by atoms with E-state index < -0.39 is 0 Å². The SMILES string of the molecule is CCOC(=O)CSc1nnc(NC(=O)C(CC)c2ccccc2)s1. The summed E-state index contributed by atoms with van der Waals surface area (Å²) in [4.78, 5) is 23.8. The van der Waals surface area contributed by atoms with Crippen LogP contribution < -0.4 is 5.32 Å². The number of benzene rings is 1. The maximum Gasteiger partial charge on any atom is 0.316 e. The van der Waals surface area contributed by atoms with Gasteiger partial charge in [0.2, 0.25) is 11.0 Å². The van der Waals surface area contributed by atoms with Crippen LogP contribution in [-0.4, -0.2) is 34.4 Å². The predicted molar refractivity (Wildman–Crippen MR) is 95.4 cm³/mol. The molecule has 128 valence electrons. The van der Waals surface area contributed by atoms with Crippen LogP contribution >= 0.6 is 23.1 Å². The number of anilines is 1. The van der Waals surface area contributed by atoms with Crippen LogP contribution in [0.2, 0.25) is 0 Å². The molecule has 8 heteroatoms. The number of thioether (sulfide) groups is 1. The van der Waals surface area contributed by atoms with Crippen molar-refractivity contribution in [3.63, 3.8) is 0 Å². The molecule has 0 radical (unpaired) electrons. The first kappa shape index (κ1) is 18.4. The molecule has 2 aromatic rings. The lowest BCUT2D eigenvalue weighted by atomic mass is 9.96. The van der Waals surface area contributed by atoms with Crippen LogP contribution in [-0.2, 0) is 14.3 Å². The van der Waals surface area contributed by atoms with E-state index in [1.165, 1.54) is 23.1 Å². The summed E-state index contributed by atoms with van der Waals surface area (Å²) >= 11 is 2.49. The lowest BCUT2D eigenvalue weighted by molar-refractivity contribution is -0.139. The minimum atomic E-state index is -0.293. The van der Waals surface area contributed by atoms with E-state index in [0.29, 0.717) is 22.5 Å². The van der Waals surface area contributed by atoms with Gasteiger partial charge in [-0.1, -0.05) is 60.4 Å². The van der Waals surface area contributed by atoms with Gasteiger partial charge in [-0.25, -0.2) is 0 Å². The Balaban J connectivity index is 1.93. The lowest BCUT2D eigenvalue weighted by Crippen LogP contribution is -2.20. The van der Waals surface area contributed by atoms with E-state index in [0.717, 1.165) is 5.56 Å². The first-order valence-corrected chi connectivity index (χ1v) is 9.42. The van der Waals surface area contributed by atoms with Crippen molar-refractivity contribution in [3.8, 4) is 0 Å². The van der Waals surface area contributed by atoms with E-state index in [4.69, 9.17) is 4.74 Å². The maximum absolute atomic E-state index is 12.5. The zero-order valence-electron chi connectivity index (χ0n) is 13.5. The van der Waals surface area contributed by atoms with Crippen LogP contribution in [0.5, 0.6) is 0 Å². The van der Waals surface area contributed by atoms with E-state index in [-0.39, 0.29) is 23.5 Å². The third-order valence-corrected chi connectivity index (χ3v) is 5.13. The molecule has 1 heterocycles. The summed E-state index contributed by atoms with van der Waals surface area (Å²) in [6, 6.07) is 9.63. The molecule has 0 bridgehead atoms. The Morgan fingerprint density at radius 3 is 2.67 bits per heavy atom. The summed E-state index contributed by atoms with van der Waals surface area (Å²) in [7, 11) is 0. The van der Waals surface area contributed by atoms with Crippen LogP contribution in [0.25, 0.3) is 0 Å². The molecule has 6 nitrogen and oxygen atoms in total. The molecule has 0 aliphatic heterocycles. The standard InChI is InChI=1S/C16H19N3O3S2/c1-3-12(11-8-6-5-7-9-11)14(21)17-15-18-19-16(24-15)23-10-13(20)22-4-2/h5-9,12H,3-4,10H2,1-2H3,(H,17,18,21). The smallest absolute Gasteiger partial charge is 0.316 e. The zero-order valence-corrected chi connectivity index (χ0v) is 15.2. The molecule has 1 amide bonds. The van der Waals surface area contributed by atoms with Gasteiger partial charge in [0, 0.05) is 0 Å². The average molecular weight is 365 g/mol. The van der Waals surface area contributed by atoms with E-state index in [2.05, 4.69) is 15.5 Å². The molecule has 2 rings (SSSR count). The normalized spacial score (nSPS) is 11.8. The van der Waals surface area contributed by atoms with Crippen LogP contribution in [0.15, 0.2) is 34.7 Å². The van der Waals surface area contributed by atoms with Crippen molar-refractivity contribution in [2.24, 2.45) is 0 Å². The largest absolute Gasteiger partial charge is 0.465 e. The van der Waals surface area contributed by atoms with Gasteiger partial charge in [0.1, 0.15) is 0 Å². The molecule has 1 N–H and O–H groups in total. The molecule has 1 atom stereocenters. The summed E-state index contributed by atoms with van der Waals surface area (Å²) in [5.41, 5.74) is 0.971. The van der Waals surface area contributed by atoms with Crippen molar-refractivity contribution < 1.29 is 14.3 Å². The van der Waals surface area contributed by atoms with Crippen molar-refractivity contribution >= 4 is 40.1 Å². The van der Waals surface area contributed by atoms with Gasteiger partial charge in [0.05, 0.1) is 18.3 Å². The number of nitrogens with one attached hydrogen (secondary N) is 1. The minimum absolute atomic E-state index is 0.109. The third-order valence-electron chi connectivity index (χ3n) is 3.18. The topological polar surface area (TPSA) is 81.2 Å². The molecule has 0 saturated carbocycles. The fraction of sp³-hybridized carbons (Fsp3) is 0.375. The summed E-state index contributed by atoms with van der Waals surface area (Å²) < 4.78 is 5.47. The number of amides is 1. The van der Waals surface area contributed by atoms with E-state index in [9.17, 15) is 9.59 Å². The van der Waals surface area contributed by atoms with E-state index in [1.807, 2.05) is 37.3 Å². The van der Waals surface area contributed by atoms with E-state index >= 15 is 0 Å². The zero-order chi connectivity index (χ0) is 17.4. The highest BCUT2D eigenvalue weighted by molar-refractivity contribution is 8.01. The number of rotatable bonds is 8. The van der Waals surface area contributed by atoms with Gasteiger partial charge >= 0.3 is 5.97 Å². The highest BCUT2D eigenvalue weighted by Gasteiger charge is 2.20. The third kappa shape index (κ3) is 5.31. The second-order valence-corrected chi connectivity index (χ2v) is 7.03. The van der Waals surface area contributed by atoms with Crippen LogP contribution in [0.4, 0.5) is 5.13 Å². The average Bonchev–Trinajstić information content (AvgIpc) is 3.02. The summed E-state index contributed by atoms with van der Waals surface area (Å²) in [5, 5.41) is 11.2. The molecule has 0 saturated heterocycles. The Hall–Kier alpha value is -1.93. The van der Waals surface area contributed by atoms with Crippen LogP contribution in [0.1, 0.15) is 31.7 Å². The van der Waals surface area contributed by atoms with Gasteiger partial charge in [0.15, 0.2) is 4.34 Å². The Bertz CT molecular complexity index is 676. The molecule has 0 spiro atoms. The Morgan fingerprint density at radius 1 is 1.25 bits per heavy atom. The first-order valence-electron chi connectivity index (χ1n) is 7.61. The fourth-order valence-electron chi connectivity index (χ4n) is 2.09. The van der Waals surface area contributed by atoms with Crippen molar-refractivity contribution in [1.82, 2.24) is 10.2 Å². The van der Waals surface area contributed by atoms with E-state index in [1.54, 1.807) is 6.92 Å². The van der Waals surface area contributed by atoms with Crippen LogP contribution in [0.3, 0.4) is 0 Å². The Kier molecular flexibility index (Phi) is 7.20. The first-order chi connectivity index (χ1) is 11.6. The molecule has 0 fully saturated rings. The summed E-state index contributed by atoms with van der Waals surface area (Å²) in [5.74, 6) is -0.455. The maximum atomic E-state index is 12.5. The van der Waals surface area contributed by atoms with Gasteiger partial charge in [-0.2, -0.15) is 0 Å². The number of ether oxygens (including phenoxy) is 1. The number of hydrogen-bond donors (Lipinski definition) is 1. The van der Waals surface area contributed by atoms with Crippen molar-refractivity contribution in [2.75, 3.05) is 17.7 Å². The highest BCUT2D eigenvalue weighted by atomic mass is 32.2. The monoisotopic (exact) mass is 365 g/mol. The van der Waals surface area contributed by atoms with Crippen LogP contribution in [0, 0.1) is 0 Å². The van der Waals surface area contributed by atoms with Crippen molar-refractivity contribution in [1.29, 1.82) is 0 Å². The molecule has 24 heavy (non-hydrogen) atoms. The number of carbonyl (C=O) groups is 2. The van der Waals surface area contributed by atoms with Gasteiger partial charge in [0.25, 0.3) is 0 Å². The minimum Gasteiger partial charge on any atom is -0.465 e. The van der Waals surface area contributed by atoms with Crippen molar-refractivity contribution in [2.45, 2.75) is 30.5 Å². The lowest BCUT2D eigenvalue weighted by Gasteiger charge is -2.13. The summed E-state index contributed by atoms with van der Waals surface area (Å²) in [6.45, 7) is 4.09. The van der Waals surface area contributed by atoms with Gasteiger partial charge in [-0.15, -0.1) is 10.2 Å². The quantitative estimate of drug-likeness (QED) is 0.439. The molecule has 0 aliphatic rings. The second-order valence-electron chi connectivity index (χ2n) is 4.83. The Morgan fingerprint density at radius 2 is 2.00 bits per heavy atom. The number of aromatic nitrogens is 2. The fourth-order valence-corrected chi connectivity index (χ4v) is 3.65.